The van der Waals surface area contributed by atoms with Crippen LogP contribution in [0.2, 0.25) is 0 Å². The van der Waals surface area contributed by atoms with E-state index in [1.165, 1.54) is 12.1 Å². The van der Waals surface area contributed by atoms with Crippen LogP contribution in [0, 0.1) is 12.7 Å². The lowest BCUT2D eigenvalue weighted by Gasteiger charge is -2.05. The quantitative estimate of drug-likeness (QED) is 0.895. The lowest BCUT2D eigenvalue weighted by Crippen LogP contribution is -2.01. The molecule has 0 aliphatic heterocycles. The van der Waals surface area contributed by atoms with Crippen LogP contribution in [-0.2, 0) is 6.54 Å². The van der Waals surface area contributed by atoms with E-state index >= 15 is 0 Å². The number of nitrogens with zero attached hydrogens (tertiary/aromatic N) is 2. The van der Waals surface area contributed by atoms with Crippen molar-refractivity contribution in [2.45, 2.75) is 33.4 Å². The van der Waals surface area contributed by atoms with Gasteiger partial charge in [0.2, 0.25) is 0 Å². The molecule has 1 N–H and O–H groups in total. The van der Waals surface area contributed by atoms with Gasteiger partial charge in [-0.1, -0.05) is 12.1 Å². The van der Waals surface area contributed by atoms with Crippen molar-refractivity contribution >= 4 is 5.69 Å². The van der Waals surface area contributed by atoms with Crippen molar-refractivity contribution in [3.8, 4) is 0 Å². The van der Waals surface area contributed by atoms with Crippen LogP contribution in [0.15, 0.2) is 30.5 Å². The van der Waals surface area contributed by atoms with E-state index in [2.05, 4.69) is 24.3 Å². The standard InChI is InChI=1S/C14H18FN3/c1-10(2)18-9-14(11(3)17-18)16-8-12-4-6-13(15)7-5-12/h4-7,9-10,16H,8H2,1-3H3. The van der Waals surface area contributed by atoms with Crippen molar-refractivity contribution < 1.29 is 4.39 Å². The van der Waals surface area contributed by atoms with Crippen molar-refractivity contribution in [3.05, 3.63) is 47.5 Å². The highest BCUT2D eigenvalue weighted by Crippen LogP contribution is 2.16. The molecule has 0 aliphatic rings. The monoisotopic (exact) mass is 247 g/mol. The Labute approximate surface area is 107 Å². The Morgan fingerprint density at radius 1 is 1.28 bits per heavy atom. The zero-order chi connectivity index (χ0) is 13.1. The third-order valence-electron chi connectivity index (χ3n) is 2.84. The Hall–Kier alpha value is -1.84. The highest BCUT2D eigenvalue weighted by Gasteiger charge is 2.06. The molecule has 0 saturated heterocycles. The summed E-state index contributed by atoms with van der Waals surface area (Å²) in [5, 5.41) is 7.75. The van der Waals surface area contributed by atoms with Crippen LogP contribution in [0.25, 0.3) is 0 Å². The zero-order valence-electron chi connectivity index (χ0n) is 10.9. The molecule has 96 valence electrons. The first-order valence-corrected chi connectivity index (χ1v) is 6.10. The largest absolute Gasteiger partial charge is 0.378 e. The Bertz CT molecular complexity index is 514. The molecule has 0 radical (unpaired) electrons. The summed E-state index contributed by atoms with van der Waals surface area (Å²) in [6, 6.07) is 6.86. The summed E-state index contributed by atoms with van der Waals surface area (Å²) in [5.74, 6) is -0.206. The number of hydrogen-bond donors (Lipinski definition) is 1. The average molecular weight is 247 g/mol. The molecule has 0 unspecified atom stereocenters. The first-order valence-electron chi connectivity index (χ1n) is 6.10. The summed E-state index contributed by atoms with van der Waals surface area (Å²) in [6.07, 6.45) is 2.00. The van der Waals surface area contributed by atoms with E-state index in [0.717, 1.165) is 16.9 Å². The van der Waals surface area contributed by atoms with Gasteiger partial charge in [0.15, 0.2) is 0 Å². The molecular formula is C14H18FN3. The van der Waals surface area contributed by atoms with Crippen LogP contribution in [0.1, 0.15) is 31.1 Å². The maximum absolute atomic E-state index is 12.8. The Morgan fingerprint density at radius 3 is 2.50 bits per heavy atom. The van der Waals surface area contributed by atoms with Crippen LogP contribution in [0.5, 0.6) is 0 Å². The van der Waals surface area contributed by atoms with Gasteiger partial charge in [-0.15, -0.1) is 0 Å². The van der Waals surface area contributed by atoms with Crippen molar-refractivity contribution in [3.63, 3.8) is 0 Å². The van der Waals surface area contributed by atoms with Gasteiger partial charge in [-0.3, -0.25) is 4.68 Å². The van der Waals surface area contributed by atoms with Crippen molar-refractivity contribution in [1.29, 1.82) is 0 Å². The number of aryl methyl sites for hydroxylation is 1. The number of hydrogen-bond acceptors (Lipinski definition) is 2. The molecule has 0 aliphatic carbocycles. The van der Waals surface area contributed by atoms with Gasteiger partial charge >= 0.3 is 0 Å². The molecule has 18 heavy (non-hydrogen) atoms. The predicted molar refractivity (Wildman–Crippen MR) is 71.1 cm³/mol. The number of anilines is 1. The number of nitrogens with one attached hydrogen (secondary N) is 1. The van der Waals surface area contributed by atoms with Crippen LogP contribution in [0.3, 0.4) is 0 Å². The summed E-state index contributed by atoms with van der Waals surface area (Å²) in [7, 11) is 0. The second-order valence-electron chi connectivity index (χ2n) is 4.68. The Kier molecular flexibility index (Phi) is 3.65. The normalized spacial score (nSPS) is 10.9. The van der Waals surface area contributed by atoms with E-state index < -0.39 is 0 Å². The molecule has 1 aromatic carbocycles. The molecule has 3 nitrogen and oxygen atoms in total. The molecule has 0 saturated carbocycles. The number of aromatic nitrogens is 2. The molecule has 0 atom stereocenters. The van der Waals surface area contributed by atoms with E-state index in [9.17, 15) is 4.39 Å². The van der Waals surface area contributed by atoms with E-state index in [4.69, 9.17) is 0 Å². The minimum atomic E-state index is -0.206. The SMILES string of the molecule is Cc1nn(C(C)C)cc1NCc1ccc(F)cc1. The smallest absolute Gasteiger partial charge is 0.123 e. The molecule has 0 bridgehead atoms. The molecule has 1 aromatic heterocycles. The van der Waals surface area contributed by atoms with Crippen molar-refractivity contribution in [2.24, 2.45) is 0 Å². The summed E-state index contributed by atoms with van der Waals surface area (Å²) >= 11 is 0. The lowest BCUT2D eigenvalue weighted by molar-refractivity contribution is 0.529. The maximum Gasteiger partial charge on any atom is 0.123 e. The zero-order valence-corrected chi connectivity index (χ0v) is 10.9. The second-order valence-corrected chi connectivity index (χ2v) is 4.68. The summed E-state index contributed by atoms with van der Waals surface area (Å²) in [4.78, 5) is 0. The van der Waals surface area contributed by atoms with Crippen molar-refractivity contribution in [1.82, 2.24) is 9.78 Å². The minimum absolute atomic E-state index is 0.206. The number of benzene rings is 1. The van der Waals surface area contributed by atoms with Gasteiger partial charge in [0, 0.05) is 18.8 Å². The van der Waals surface area contributed by atoms with Crippen LogP contribution in [-0.4, -0.2) is 9.78 Å². The highest BCUT2D eigenvalue weighted by molar-refractivity contribution is 5.46. The Balaban J connectivity index is 2.03. The fourth-order valence-corrected chi connectivity index (χ4v) is 1.72. The molecular weight excluding hydrogens is 229 g/mol. The summed E-state index contributed by atoms with van der Waals surface area (Å²) in [6.45, 7) is 6.84. The van der Waals surface area contributed by atoms with Gasteiger partial charge in [0.1, 0.15) is 5.82 Å². The topological polar surface area (TPSA) is 29.9 Å². The summed E-state index contributed by atoms with van der Waals surface area (Å²) < 4.78 is 14.7. The fourth-order valence-electron chi connectivity index (χ4n) is 1.72. The molecule has 2 aromatic rings. The second kappa shape index (κ2) is 5.21. The van der Waals surface area contributed by atoms with Gasteiger partial charge in [-0.2, -0.15) is 5.10 Å². The van der Waals surface area contributed by atoms with Crippen molar-refractivity contribution in [2.75, 3.05) is 5.32 Å². The molecule has 1 heterocycles. The fraction of sp³-hybridized carbons (Fsp3) is 0.357. The predicted octanol–water partition coefficient (Wildman–Crippen LogP) is 3.52. The third-order valence-corrected chi connectivity index (χ3v) is 2.84. The van der Waals surface area contributed by atoms with Crippen LogP contribution >= 0.6 is 0 Å². The maximum atomic E-state index is 12.8. The first kappa shape index (κ1) is 12.6. The highest BCUT2D eigenvalue weighted by atomic mass is 19.1. The van der Waals surface area contributed by atoms with Gasteiger partial charge in [-0.05, 0) is 38.5 Å². The van der Waals surface area contributed by atoms with Gasteiger partial charge in [0.05, 0.1) is 11.4 Å². The van der Waals surface area contributed by atoms with E-state index in [0.29, 0.717) is 12.6 Å². The van der Waals surface area contributed by atoms with Crippen LogP contribution in [0.4, 0.5) is 10.1 Å². The number of rotatable bonds is 4. The van der Waals surface area contributed by atoms with Crippen LogP contribution < -0.4 is 5.32 Å². The van der Waals surface area contributed by atoms with Gasteiger partial charge < -0.3 is 5.32 Å². The molecule has 0 spiro atoms. The molecule has 0 amide bonds. The first-order chi connectivity index (χ1) is 8.56. The minimum Gasteiger partial charge on any atom is -0.378 e. The van der Waals surface area contributed by atoms with E-state index in [1.54, 1.807) is 12.1 Å². The number of halogens is 1. The Morgan fingerprint density at radius 2 is 1.94 bits per heavy atom. The van der Waals surface area contributed by atoms with E-state index in [1.807, 2.05) is 17.8 Å². The molecule has 2 rings (SSSR count). The lowest BCUT2D eigenvalue weighted by atomic mass is 10.2. The third kappa shape index (κ3) is 2.88. The van der Waals surface area contributed by atoms with Gasteiger partial charge in [0.25, 0.3) is 0 Å². The molecule has 4 heteroatoms. The summed E-state index contributed by atoms with van der Waals surface area (Å²) in [5.41, 5.74) is 3.05. The average Bonchev–Trinajstić information content (AvgIpc) is 2.70. The van der Waals surface area contributed by atoms with Gasteiger partial charge in [-0.25, -0.2) is 4.39 Å². The van der Waals surface area contributed by atoms with E-state index in [-0.39, 0.29) is 5.82 Å². The molecule has 0 fully saturated rings.